The summed E-state index contributed by atoms with van der Waals surface area (Å²) < 4.78 is 5.05. The molecule has 1 aromatic heterocycles. The fourth-order valence-electron chi connectivity index (χ4n) is 2.25. The number of carbonyl (C=O) groups excluding carboxylic acids is 2. The average molecular weight is 303 g/mol. The van der Waals surface area contributed by atoms with Crippen LogP contribution in [0.25, 0.3) is 0 Å². The number of nitrogens with zero attached hydrogens (tertiary/aromatic N) is 2. The number of carbonyl (C=O) groups is 2. The molecule has 0 N–H and O–H groups in total. The number of methoxy groups -OCH3 is 1. The topological polar surface area (TPSA) is 59.5 Å². The van der Waals surface area contributed by atoms with Crippen LogP contribution in [0.4, 0.5) is 5.69 Å². The fourth-order valence-corrected chi connectivity index (χ4v) is 2.41. The molecule has 0 bridgehead atoms. The normalized spacial score (nSPS) is 13.5. The molecule has 0 radical (unpaired) electrons. The largest absolute Gasteiger partial charge is 0.481 e. The van der Waals surface area contributed by atoms with Crippen molar-refractivity contribution >= 4 is 29.0 Å². The van der Waals surface area contributed by atoms with E-state index in [9.17, 15) is 9.59 Å². The van der Waals surface area contributed by atoms with Crippen molar-refractivity contribution in [2.75, 3.05) is 12.0 Å². The molecular weight excluding hydrogens is 292 g/mol. The summed E-state index contributed by atoms with van der Waals surface area (Å²) in [6.45, 7) is 0.190. The first-order valence-electron chi connectivity index (χ1n) is 6.26. The number of pyridine rings is 1. The quantitative estimate of drug-likeness (QED) is 0.817. The van der Waals surface area contributed by atoms with Crippen LogP contribution in [0.2, 0.25) is 5.02 Å². The lowest BCUT2D eigenvalue weighted by Gasteiger charge is -2.16. The highest BCUT2D eigenvalue weighted by Gasteiger charge is 2.36. The van der Waals surface area contributed by atoms with Gasteiger partial charge in [0.2, 0.25) is 5.88 Å². The lowest BCUT2D eigenvalue weighted by atomic mass is 10.1. The van der Waals surface area contributed by atoms with Gasteiger partial charge in [0.15, 0.2) is 0 Å². The molecule has 106 valence electrons. The van der Waals surface area contributed by atoms with Crippen molar-refractivity contribution in [3.63, 3.8) is 0 Å². The number of benzene rings is 1. The summed E-state index contributed by atoms with van der Waals surface area (Å²) >= 11 is 5.95. The van der Waals surface area contributed by atoms with Crippen molar-refractivity contribution in [2.24, 2.45) is 0 Å². The smallest absolute Gasteiger partial charge is 0.299 e. The Balaban J connectivity index is 1.97. The first-order valence-corrected chi connectivity index (χ1v) is 6.63. The number of rotatable bonds is 3. The molecule has 2 heterocycles. The van der Waals surface area contributed by atoms with E-state index in [2.05, 4.69) is 4.98 Å². The van der Waals surface area contributed by atoms with Crippen molar-refractivity contribution in [3.05, 3.63) is 52.7 Å². The van der Waals surface area contributed by atoms with Crippen LogP contribution in [0.5, 0.6) is 5.88 Å². The number of Topliss-reactive ketones (excluding diaryl/α,β-unsaturated/α-hetero) is 1. The first-order chi connectivity index (χ1) is 10.1. The van der Waals surface area contributed by atoms with Crippen LogP contribution in [0.3, 0.4) is 0 Å². The van der Waals surface area contributed by atoms with Crippen LogP contribution in [0, 0.1) is 0 Å². The van der Waals surface area contributed by atoms with Gasteiger partial charge in [0.1, 0.15) is 0 Å². The van der Waals surface area contributed by atoms with E-state index < -0.39 is 11.7 Å². The predicted octanol–water partition coefficient (Wildman–Crippen LogP) is 2.47. The summed E-state index contributed by atoms with van der Waals surface area (Å²) in [5.41, 5.74) is 1.51. The number of anilines is 1. The maximum Gasteiger partial charge on any atom is 0.299 e. The summed E-state index contributed by atoms with van der Waals surface area (Å²) in [5, 5.41) is 0.472. The summed E-state index contributed by atoms with van der Waals surface area (Å²) in [6.07, 6.45) is 0. The van der Waals surface area contributed by atoms with Gasteiger partial charge in [0, 0.05) is 11.1 Å². The molecule has 0 saturated heterocycles. The molecule has 1 amide bonds. The van der Waals surface area contributed by atoms with E-state index >= 15 is 0 Å². The van der Waals surface area contributed by atoms with Crippen molar-refractivity contribution in [3.8, 4) is 5.88 Å². The zero-order chi connectivity index (χ0) is 15.0. The lowest BCUT2D eigenvalue weighted by Crippen LogP contribution is -2.29. The Kier molecular flexibility index (Phi) is 3.35. The lowest BCUT2D eigenvalue weighted by molar-refractivity contribution is -0.114. The molecule has 0 saturated carbocycles. The molecule has 0 atom stereocenters. The average Bonchev–Trinajstić information content (AvgIpc) is 2.72. The van der Waals surface area contributed by atoms with E-state index in [0.29, 0.717) is 27.8 Å². The van der Waals surface area contributed by atoms with Crippen LogP contribution < -0.4 is 9.64 Å². The van der Waals surface area contributed by atoms with Gasteiger partial charge in [-0.25, -0.2) is 4.98 Å². The van der Waals surface area contributed by atoms with Crippen molar-refractivity contribution in [2.45, 2.75) is 6.54 Å². The van der Waals surface area contributed by atoms with Gasteiger partial charge in [-0.3, -0.25) is 14.5 Å². The van der Waals surface area contributed by atoms with E-state index in [1.54, 1.807) is 36.4 Å². The molecule has 5 nitrogen and oxygen atoms in total. The third-order valence-electron chi connectivity index (χ3n) is 3.25. The Labute approximate surface area is 126 Å². The number of ketones is 1. The zero-order valence-electron chi connectivity index (χ0n) is 11.2. The Morgan fingerprint density at radius 2 is 2.05 bits per heavy atom. The van der Waals surface area contributed by atoms with Gasteiger partial charge in [0.25, 0.3) is 11.7 Å². The van der Waals surface area contributed by atoms with Gasteiger partial charge in [-0.05, 0) is 24.3 Å². The van der Waals surface area contributed by atoms with Crippen LogP contribution in [-0.2, 0) is 11.3 Å². The maximum absolute atomic E-state index is 12.1. The molecule has 6 heteroatoms. The summed E-state index contributed by atoms with van der Waals surface area (Å²) in [7, 11) is 1.52. The highest BCUT2D eigenvalue weighted by molar-refractivity contribution is 6.52. The molecule has 21 heavy (non-hydrogen) atoms. The van der Waals surface area contributed by atoms with Gasteiger partial charge in [-0.2, -0.15) is 0 Å². The summed E-state index contributed by atoms with van der Waals surface area (Å²) in [4.78, 5) is 29.7. The van der Waals surface area contributed by atoms with Crippen LogP contribution in [0.15, 0.2) is 36.4 Å². The molecule has 0 fully saturated rings. The minimum absolute atomic E-state index is 0.190. The zero-order valence-corrected chi connectivity index (χ0v) is 11.9. The van der Waals surface area contributed by atoms with Crippen LogP contribution >= 0.6 is 11.6 Å². The van der Waals surface area contributed by atoms with Gasteiger partial charge in [-0.15, -0.1) is 0 Å². The molecule has 1 aliphatic heterocycles. The molecule has 2 aromatic rings. The molecule has 3 rings (SSSR count). The van der Waals surface area contributed by atoms with Crippen LogP contribution in [0.1, 0.15) is 16.1 Å². The van der Waals surface area contributed by atoms with Gasteiger partial charge in [-0.1, -0.05) is 17.7 Å². The Morgan fingerprint density at radius 3 is 2.81 bits per heavy atom. The Hall–Kier alpha value is -2.40. The fraction of sp³-hybridized carbons (Fsp3) is 0.133. The van der Waals surface area contributed by atoms with Crippen molar-refractivity contribution in [1.29, 1.82) is 0 Å². The van der Waals surface area contributed by atoms with E-state index in [0.717, 1.165) is 0 Å². The van der Waals surface area contributed by atoms with Crippen LogP contribution in [-0.4, -0.2) is 23.8 Å². The molecule has 1 aromatic carbocycles. The van der Waals surface area contributed by atoms with E-state index in [1.807, 2.05) is 0 Å². The van der Waals surface area contributed by atoms with Gasteiger partial charge >= 0.3 is 0 Å². The molecule has 0 unspecified atom stereocenters. The second kappa shape index (κ2) is 5.18. The van der Waals surface area contributed by atoms with Gasteiger partial charge < -0.3 is 4.74 Å². The monoisotopic (exact) mass is 302 g/mol. The van der Waals surface area contributed by atoms with E-state index in [4.69, 9.17) is 16.3 Å². The highest BCUT2D eigenvalue weighted by Crippen LogP contribution is 2.32. The van der Waals surface area contributed by atoms with E-state index in [-0.39, 0.29) is 6.54 Å². The number of fused-ring (bicyclic) bond motifs is 1. The highest BCUT2D eigenvalue weighted by atomic mass is 35.5. The van der Waals surface area contributed by atoms with Crippen molar-refractivity contribution in [1.82, 2.24) is 4.98 Å². The number of halogens is 1. The minimum Gasteiger partial charge on any atom is -0.481 e. The third-order valence-corrected chi connectivity index (χ3v) is 3.48. The predicted molar refractivity (Wildman–Crippen MR) is 77.8 cm³/mol. The second-order valence-corrected chi connectivity index (χ2v) is 4.99. The maximum atomic E-state index is 12.1. The molecular formula is C15H11ClN2O3. The second-order valence-electron chi connectivity index (χ2n) is 4.55. The number of aromatic nitrogens is 1. The van der Waals surface area contributed by atoms with E-state index in [1.165, 1.54) is 12.0 Å². The number of hydrogen-bond donors (Lipinski definition) is 0. The molecule has 1 aliphatic rings. The van der Waals surface area contributed by atoms with Crippen molar-refractivity contribution < 1.29 is 14.3 Å². The number of amides is 1. The first kappa shape index (κ1) is 13.6. The summed E-state index contributed by atoms with van der Waals surface area (Å²) in [6, 6.07) is 10.0. The SMILES string of the molecule is COc1cccc(CN2C(=O)C(=O)c3ccc(Cl)cc32)n1. The minimum atomic E-state index is -0.572. The number of ether oxygens (including phenoxy) is 1. The van der Waals surface area contributed by atoms with Gasteiger partial charge in [0.05, 0.1) is 30.6 Å². The third kappa shape index (κ3) is 2.36. The molecule has 0 aliphatic carbocycles. The number of hydrogen-bond acceptors (Lipinski definition) is 4. The standard InChI is InChI=1S/C15H11ClN2O3/c1-21-13-4-2-3-10(17-13)8-18-12-7-9(16)5-6-11(12)14(19)15(18)20/h2-7H,8H2,1H3. The Morgan fingerprint density at radius 1 is 1.24 bits per heavy atom. The Bertz CT molecular complexity index is 745. The summed E-state index contributed by atoms with van der Waals surface area (Å²) in [5.74, 6) is -0.641. The molecule has 0 spiro atoms.